The first-order valence-corrected chi connectivity index (χ1v) is 7.86. The number of hydrogen-bond donors (Lipinski definition) is 2. The molecule has 0 radical (unpaired) electrons. The summed E-state index contributed by atoms with van der Waals surface area (Å²) >= 11 is 1.10. The highest BCUT2D eigenvalue weighted by atomic mass is 32.1. The van der Waals surface area contributed by atoms with Crippen molar-refractivity contribution in [3.63, 3.8) is 0 Å². The largest absolute Gasteiger partial charge is 0.496 e. The van der Waals surface area contributed by atoms with Gasteiger partial charge in [-0.25, -0.2) is 10.2 Å². The van der Waals surface area contributed by atoms with Gasteiger partial charge in [-0.3, -0.25) is 0 Å². The van der Waals surface area contributed by atoms with Crippen LogP contribution in [0.15, 0.2) is 41.5 Å². The van der Waals surface area contributed by atoms with Crippen molar-refractivity contribution >= 4 is 40.7 Å². The second-order valence-corrected chi connectivity index (χ2v) is 5.52. The molecule has 0 unspecified atom stereocenters. The van der Waals surface area contributed by atoms with Gasteiger partial charge in [0.2, 0.25) is 0 Å². The molecule has 2 amide bonds. The Bertz CT molecular complexity index is 906. The molecule has 1 heterocycles. The van der Waals surface area contributed by atoms with Crippen molar-refractivity contribution < 1.29 is 9.53 Å². The van der Waals surface area contributed by atoms with E-state index in [2.05, 4.69) is 24.6 Å². The molecular weight excluding hydrogens is 326 g/mol. The number of fused-ring (bicyclic) bond motifs is 1. The molecule has 8 heteroatoms. The van der Waals surface area contributed by atoms with Crippen LogP contribution in [0.2, 0.25) is 0 Å². The van der Waals surface area contributed by atoms with Crippen molar-refractivity contribution in [1.29, 1.82) is 0 Å². The van der Waals surface area contributed by atoms with Crippen LogP contribution in [-0.4, -0.2) is 28.1 Å². The summed E-state index contributed by atoms with van der Waals surface area (Å²) in [6, 6.07) is 10.6. The number of hydrogen-bond acceptors (Lipinski definition) is 6. The van der Waals surface area contributed by atoms with Crippen LogP contribution in [0, 0.1) is 6.92 Å². The van der Waals surface area contributed by atoms with Crippen LogP contribution < -0.4 is 15.5 Å². The Kier molecular flexibility index (Phi) is 4.66. The predicted molar refractivity (Wildman–Crippen MR) is 94.9 cm³/mol. The first-order chi connectivity index (χ1) is 11.7. The van der Waals surface area contributed by atoms with Gasteiger partial charge < -0.3 is 10.1 Å². The number of ether oxygens (including phenoxy) is 1. The SMILES string of the molecule is COc1ccc(/C=N/NC(=O)Nc2cccc3nsnc23)cc1C. The summed E-state index contributed by atoms with van der Waals surface area (Å²) < 4.78 is 13.5. The lowest BCUT2D eigenvalue weighted by molar-refractivity contribution is 0.252. The van der Waals surface area contributed by atoms with Gasteiger partial charge in [-0.05, 0) is 48.4 Å². The molecule has 24 heavy (non-hydrogen) atoms. The van der Waals surface area contributed by atoms with E-state index in [0.717, 1.165) is 34.1 Å². The standard InChI is InChI=1S/C16H15N5O2S/c1-10-8-11(6-7-14(10)23-2)9-17-19-16(22)18-12-4-3-5-13-15(12)21-24-20-13/h3-9H,1-2H3,(H2,18,19,22)/b17-9+. The average molecular weight is 341 g/mol. The first kappa shape index (κ1) is 15.9. The quantitative estimate of drug-likeness (QED) is 0.563. The summed E-state index contributed by atoms with van der Waals surface area (Å²) in [5.41, 5.74) is 6.28. The molecule has 7 nitrogen and oxygen atoms in total. The molecule has 122 valence electrons. The summed E-state index contributed by atoms with van der Waals surface area (Å²) in [6.45, 7) is 1.94. The summed E-state index contributed by atoms with van der Waals surface area (Å²) in [7, 11) is 1.63. The number of urea groups is 1. The second-order valence-electron chi connectivity index (χ2n) is 4.99. The van der Waals surface area contributed by atoms with Crippen LogP contribution in [-0.2, 0) is 0 Å². The van der Waals surface area contributed by atoms with Gasteiger partial charge in [0, 0.05) is 0 Å². The number of aromatic nitrogens is 2. The number of methoxy groups -OCH3 is 1. The number of carbonyl (C=O) groups excluding carboxylic acids is 1. The molecular formula is C16H15N5O2S. The molecule has 0 aliphatic heterocycles. The number of nitrogens with one attached hydrogen (secondary N) is 2. The van der Waals surface area contributed by atoms with Crippen molar-refractivity contribution in [2.45, 2.75) is 6.92 Å². The van der Waals surface area contributed by atoms with Gasteiger partial charge in [0.15, 0.2) is 0 Å². The number of carbonyl (C=O) groups is 1. The third-order valence-electron chi connectivity index (χ3n) is 3.33. The Balaban J connectivity index is 1.63. The average Bonchev–Trinajstić information content (AvgIpc) is 3.05. The molecule has 2 aromatic carbocycles. The van der Waals surface area contributed by atoms with E-state index in [1.54, 1.807) is 19.4 Å². The molecule has 0 atom stereocenters. The molecule has 0 aliphatic rings. The van der Waals surface area contributed by atoms with Crippen LogP contribution in [0.5, 0.6) is 5.75 Å². The second kappa shape index (κ2) is 7.05. The number of hydrazone groups is 1. The van der Waals surface area contributed by atoms with Gasteiger partial charge in [-0.15, -0.1) is 0 Å². The van der Waals surface area contributed by atoms with Gasteiger partial charge in [-0.1, -0.05) is 6.07 Å². The molecule has 0 fully saturated rings. The minimum Gasteiger partial charge on any atom is -0.496 e. The maximum Gasteiger partial charge on any atom is 0.339 e. The maximum atomic E-state index is 11.9. The Morgan fingerprint density at radius 1 is 1.29 bits per heavy atom. The fourth-order valence-electron chi connectivity index (χ4n) is 2.20. The van der Waals surface area contributed by atoms with Gasteiger partial charge in [-0.2, -0.15) is 13.8 Å². The van der Waals surface area contributed by atoms with E-state index in [1.807, 2.05) is 37.3 Å². The van der Waals surface area contributed by atoms with Gasteiger partial charge in [0.1, 0.15) is 16.8 Å². The van der Waals surface area contributed by atoms with Crippen molar-refractivity contribution in [1.82, 2.24) is 14.2 Å². The molecule has 1 aromatic heterocycles. The summed E-state index contributed by atoms with van der Waals surface area (Å²) in [5.74, 6) is 0.808. The number of aryl methyl sites for hydroxylation is 1. The number of anilines is 1. The highest BCUT2D eigenvalue weighted by Gasteiger charge is 2.07. The molecule has 0 spiro atoms. The fourth-order valence-corrected chi connectivity index (χ4v) is 2.75. The number of nitrogens with zero attached hydrogens (tertiary/aromatic N) is 3. The molecule has 0 saturated carbocycles. The minimum atomic E-state index is -0.447. The lowest BCUT2D eigenvalue weighted by Crippen LogP contribution is -2.24. The lowest BCUT2D eigenvalue weighted by Gasteiger charge is -2.05. The van der Waals surface area contributed by atoms with Crippen LogP contribution in [0.1, 0.15) is 11.1 Å². The minimum absolute atomic E-state index is 0.447. The first-order valence-electron chi connectivity index (χ1n) is 7.13. The van der Waals surface area contributed by atoms with Gasteiger partial charge in [0.25, 0.3) is 0 Å². The number of rotatable bonds is 4. The maximum absolute atomic E-state index is 11.9. The third kappa shape index (κ3) is 3.49. The molecule has 3 aromatic rings. The van der Waals surface area contributed by atoms with Crippen LogP contribution >= 0.6 is 11.7 Å². The highest BCUT2D eigenvalue weighted by Crippen LogP contribution is 2.21. The Labute approximate surface area is 142 Å². The Morgan fingerprint density at radius 2 is 2.17 bits per heavy atom. The van der Waals surface area contributed by atoms with E-state index in [4.69, 9.17) is 4.74 Å². The normalized spacial score (nSPS) is 10.9. The van der Waals surface area contributed by atoms with Crippen molar-refractivity contribution in [3.05, 3.63) is 47.5 Å². The molecule has 0 bridgehead atoms. The fraction of sp³-hybridized carbons (Fsp3) is 0.125. The zero-order valence-corrected chi connectivity index (χ0v) is 13.9. The molecule has 2 N–H and O–H groups in total. The van der Waals surface area contributed by atoms with Crippen molar-refractivity contribution in [3.8, 4) is 5.75 Å². The number of amides is 2. The van der Waals surface area contributed by atoms with Crippen molar-refractivity contribution in [2.24, 2.45) is 5.10 Å². The Morgan fingerprint density at radius 3 is 2.96 bits per heavy atom. The summed E-state index contributed by atoms with van der Waals surface area (Å²) in [4.78, 5) is 11.9. The summed E-state index contributed by atoms with van der Waals surface area (Å²) in [5, 5.41) is 6.65. The monoisotopic (exact) mass is 341 g/mol. The van der Waals surface area contributed by atoms with E-state index in [0.29, 0.717) is 11.2 Å². The van der Waals surface area contributed by atoms with E-state index in [1.165, 1.54) is 0 Å². The van der Waals surface area contributed by atoms with Crippen LogP contribution in [0.4, 0.5) is 10.5 Å². The van der Waals surface area contributed by atoms with Crippen molar-refractivity contribution in [2.75, 3.05) is 12.4 Å². The molecule has 0 aliphatic carbocycles. The smallest absolute Gasteiger partial charge is 0.339 e. The number of benzene rings is 2. The zero-order chi connectivity index (χ0) is 16.9. The molecule has 0 saturated heterocycles. The lowest BCUT2D eigenvalue weighted by atomic mass is 10.1. The third-order valence-corrected chi connectivity index (χ3v) is 3.88. The summed E-state index contributed by atoms with van der Waals surface area (Å²) in [6.07, 6.45) is 1.57. The zero-order valence-electron chi connectivity index (χ0n) is 13.1. The van der Waals surface area contributed by atoms with E-state index >= 15 is 0 Å². The van der Waals surface area contributed by atoms with Gasteiger partial charge in [0.05, 0.1) is 30.7 Å². The highest BCUT2D eigenvalue weighted by molar-refractivity contribution is 7.00. The van der Waals surface area contributed by atoms with E-state index in [-0.39, 0.29) is 0 Å². The van der Waals surface area contributed by atoms with Crippen LogP contribution in [0.25, 0.3) is 11.0 Å². The molecule has 3 rings (SSSR count). The van der Waals surface area contributed by atoms with E-state index < -0.39 is 6.03 Å². The van der Waals surface area contributed by atoms with E-state index in [9.17, 15) is 4.79 Å². The van der Waals surface area contributed by atoms with Gasteiger partial charge >= 0.3 is 6.03 Å². The topological polar surface area (TPSA) is 88.5 Å². The Hall–Kier alpha value is -3.00. The predicted octanol–water partition coefficient (Wildman–Crippen LogP) is 3.16. The van der Waals surface area contributed by atoms with Crippen LogP contribution in [0.3, 0.4) is 0 Å².